The summed E-state index contributed by atoms with van der Waals surface area (Å²) in [6.07, 6.45) is 2.01. The maximum Gasteiger partial charge on any atom is 0.501 e. The van der Waals surface area contributed by atoms with E-state index in [0.717, 1.165) is 30.3 Å². The van der Waals surface area contributed by atoms with Crippen LogP contribution >= 0.6 is 0 Å². The van der Waals surface area contributed by atoms with E-state index in [9.17, 15) is 40.4 Å². The van der Waals surface area contributed by atoms with Crippen LogP contribution in [0.3, 0.4) is 0 Å². The topological polar surface area (TPSA) is 148 Å². The molecular formula is C31H28F4N2O8S. The number of carbonyl (C=O) groups is 3. The minimum Gasteiger partial charge on any atom is -0.496 e. The number of hydrogen-bond acceptors (Lipinski definition) is 7. The van der Waals surface area contributed by atoms with Crippen LogP contribution < -0.4 is 20.1 Å². The third kappa shape index (κ3) is 6.50. The highest BCUT2D eigenvalue weighted by atomic mass is 32.2. The lowest BCUT2D eigenvalue weighted by molar-refractivity contribution is -0.122. The maximum atomic E-state index is 14.9. The van der Waals surface area contributed by atoms with E-state index >= 15 is 0 Å². The molecule has 2 saturated carbocycles. The van der Waals surface area contributed by atoms with Crippen molar-refractivity contribution in [2.24, 2.45) is 17.8 Å². The number of carbonyl (C=O) groups excluding carboxylic acids is 2. The number of fused-ring (bicyclic) bond motifs is 2. The summed E-state index contributed by atoms with van der Waals surface area (Å²) in [6.45, 7) is -0.135. The summed E-state index contributed by atoms with van der Waals surface area (Å²) in [5, 5.41) is 14.4. The molecule has 2 amide bonds. The molecule has 4 unspecified atom stereocenters. The molecule has 46 heavy (non-hydrogen) atoms. The number of rotatable bonds is 10. The van der Waals surface area contributed by atoms with Crippen LogP contribution in [0.5, 0.6) is 11.5 Å². The summed E-state index contributed by atoms with van der Waals surface area (Å²) in [5.41, 5.74) is -5.14. The zero-order valence-electron chi connectivity index (χ0n) is 24.1. The molecule has 2 fully saturated rings. The first-order chi connectivity index (χ1) is 21.7. The molecule has 10 nitrogen and oxygen atoms in total. The van der Waals surface area contributed by atoms with Crippen molar-refractivity contribution >= 4 is 33.3 Å². The number of nitrogens with one attached hydrogen (secondary N) is 2. The molecule has 0 saturated heterocycles. The van der Waals surface area contributed by atoms with Gasteiger partial charge < -0.3 is 25.2 Å². The average molecular weight is 665 g/mol. The number of ether oxygens (including phenoxy) is 2. The summed E-state index contributed by atoms with van der Waals surface area (Å²) in [5.74, 6) is -4.57. The van der Waals surface area contributed by atoms with Crippen molar-refractivity contribution in [2.75, 3.05) is 12.4 Å². The smallest absolute Gasteiger partial charge is 0.496 e. The molecule has 2 aliphatic carbocycles. The number of benzene rings is 3. The summed E-state index contributed by atoms with van der Waals surface area (Å²) in [4.78, 5) is 37.0. The molecule has 0 aliphatic heterocycles. The summed E-state index contributed by atoms with van der Waals surface area (Å²) < 4.78 is 88.6. The fraction of sp³-hybridized carbons (Fsp3) is 0.323. The van der Waals surface area contributed by atoms with Crippen LogP contribution in [0.2, 0.25) is 0 Å². The minimum absolute atomic E-state index is 0.0638. The van der Waals surface area contributed by atoms with Crippen molar-refractivity contribution in [2.45, 2.75) is 42.3 Å². The lowest BCUT2D eigenvalue weighted by Gasteiger charge is -2.31. The second kappa shape index (κ2) is 12.6. The van der Waals surface area contributed by atoms with E-state index in [1.165, 1.54) is 37.4 Å². The van der Waals surface area contributed by atoms with E-state index in [-0.39, 0.29) is 46.8 Å². The monoisotopic (exact) mass is 664 g/mol. The quantitative estimate of drug-likeness (QED) is 0.251. The molecule has 2 bridgehead atoms. The van der Waals surface area contributed by atoms with Crippen molar-refractivity contribution in [3.05, 3.63) is 83.2 Å². The molecule has 0 spiro atoms. The number of anilines is 1. The Hall–Kier alpha value is -4.66. The number of sulfone groups is 1. The molecule has 0 aromatic heterocycles. The van der Waals surface area contributed by atoms with Crippen LogP contribution in [0, 0.1) is 23.6 Å². The molecular weight excluding hydrogens is 636 g/mol. The number of amides is 2. The normalized spacial score (nSPS) is 20.6. The van der Waals surface area contributed by atoms with E-state index in [2.05, 4.69) is 10.6 Å². The number of halogens is 4. The van der Waals surface area contributed by atoms with Gasteiger partial charge in [0.1, 0.15) is 12.4 Å². The van der Waals surface area contributed by atoms with Gasteiger partial charge in [0.2, 0.25) is 5.91 Å². The highest BCUT2D eigenvalue weighted by Gasteiger charge is 2.52. The fourth-order valence-electron chi connectivity index (χ4n) is 6.10. The van der Waals surface area contributed by atoms with Crippen molar-refractivity contribution in [3.63, 3.8) is 0 Å². The fourth-order valence-corrected chi connectivity index (χ4v) is 6.91. The summed E-state index contributed by atoms with van der Waals surface area (Å²) in [7, 11) is -4.39. The van der Waals surface area contributed by atoms with E-state index in [1.807, 2.05) is 0 Å². The number of hydrogen-bond donors (Lipinski definition) is 3. The average Bonchev–Trinajstić information content (AvgIpc) is 3.62. The van der Waals surface area contributed by atoms with E-state index in [4.69, 9.17) is 14.6 Å². The Balaban J connectivity index is 1.33. The van der Waals surface area contributed by atoms with Crippen LogP contribution in [0.15, 0.2) is 65.6 Å². The lowest BCUT2D eigenvalue weighted by atomic mass is 9.83. The molecule has 15 heteroatoms. The first-order valence-corrected chi connectivity index (χ1v) is 15.5. The van der Waals surface area contributed by atoms with Gasteiger partial charge in [-0.3, -0.25) is 9.59 Å². The van der Waals surface area contributed by atoms with E-state index in [0.29, 0.717) is 24.8 Å². The zero-order chi connectivity index (χ0) is 33.4. The van der Waals surface area contributed by atoms with Gasteiger partial charge in [-0.2, -0.15) is 13.2 Å². The highest BCUT2D eigenvalue weighted by Crippen LogP contribution is 2.49. The molecule has 3 N–H and O–H groups in total. The van der Waals surface area contributed by atoms with Crippen LogP contribution in [-0.2, 0) is 21.2 Å². The standard InChI is InChI=1S/C31H28F4N2O8S/c1-44-24-14-23(32)25(45-15-16-5-7-17(8-6-16)30(40)41)13-22(24)28(38)37-27-19-10-9-18(11-19)26(27)29(39)36-20-3-2-4-21(12-20)46(42,43)31(33,34)35/h2-8,12-14,18-19,26-27H,9-11,15H2,1H3,(H,36,39)(H,37,38)(H,40,41). The number of carboxylic acids is 1. The van der Waals surface area contributed by atoms with E-state index in [1.54, 1.807) is 0 Å². The van der Waals surface area contributed by atoms with Gasteiger partial charge in [0.05, 0.1) is 29.1 Å². The Labute approximate surface area is 260 Å². The number of methoxy groups -OCH3 is 1. The van der Waals surface area contributed by atoms with E-state index < -0.39 is 55.8 Å². The van der Waals surface area contributed by atoms with Crippen molar-refractivity contribution < 1.29 is 54.9 Å². The Bertz CT molecular complexity index is 1780. The van der Waals surface area contributed by atoms with Crippen LogP contribution in [0.1, 0.15) is 45.5 Å². The predicted molar refractivity (Wildman–Crippen MR) is 155 cm³/mol. The molecule has 4 atom stereocenters. The van der Waals surface area contributed by atoms with Crippen LogP contribution in [0.25, 0.3) is 0 Å². The minimum atomic E-state index is -5.64. The Morgan fingerprint density at radius 2 is 1.67 bits per heavy atom. The maximum absolute atomic E-state index is 14.9. The van der Waals surface area contributed by atoms with Gasteiger partial charge in [0.25, 0.3) is 15.7 Å². The molecule has 3 aromatic carbocycles. The predicted octanol–water partition coefficient (Wildman–Crippen LogP) is 5.19. The molecule has 0 heterocycles. The third-order valence-electron chi connectivity index (χ3n) is 8.33. The molecule has 3 aromatic rings. The number of alkyl halides is 3. The summed E-state index contributed by atoms with van der Waals surface area (Å²) in [6, 6.07) is 11.1. The van der Waals surface area contributed by atoms with Gasteiger partial charge in [0, 0.05) is 17.8 Å². The Morgan fingerprint density at radius 1 is 0.978 bits per heavy atom. The first-order valence-electron chi connectivity index (χ1n) is 14.0. The van der Waals surface area contributed by atoms with Gasteiger partial charge in [-0.15, -0.1) is 0 Å². The second-order valence-corrected chi connectivity index (χ2v) is 13.0. The Kier molecular flexibility index (Phi) is 8.98. The highest BCUT2D eigenvalue weighted by molar-refractivity contribution is 7.92. The second-order valence-electron chi connectivity index (χ2n) is 11.1. The lowest BCUT2D eigenvalue weighted by Crippen LogP contribution is -2.48. The number of carboxylic acid groups (broad SMARTS) is 1. The van der Waals surface area contributed by atoms with Gasteiger partial charge in [-0.1, -0.05) is 18.2 Å². The van der Waals surface area contributed by atoms with Crippen molar-refractivity contribution in [1.82, 2.24) is 5.32 Å². The zero-order valence-corrected chi connectivity index (χ0v) is 25.0. The van der Waals surface area contributed by atoms with Gasteiger partial charge >= 0.3 is 11.5 Å². The van der Waals surface area contributed by atoms with Gasteiger partial charge in [-0.05, 0) is 73.1 Å². The molecule has 5 rings (SSSR count). The van der Waals surface area contributed by atoms with Crippen molar-refractivity contribution in [1.29, 1.82) is 0 Å². The van der Waals surface area contributed by atoms with Gasteiger partial charge in [-0.25, -0.2) is 17.6 Å². The van der Waals surface area contributed by atoms with Gasteiger partial charge in [0.15, 0.2) is 11.6 Å². The Morgan fingerprint density at radius 3 is 2.33 bits per heavy atom. The van der Waals surface area contributed by atoms with Crippen molar-refractivity contribution in [3.8, 4) is 11.5 Å². The number of aromatic carboxylic acids is 1. The SMILES string of the molecule is COc1cc(F)c(OCc2ccc(C(=O)O)cc2)cc1C(=O)NC1C2CCC(C2)C1C(=O)Nc1cccc(S(=O)(=O)C(F)(F)F)c1. The largest absolute Gasteiger partial charge is 0.501 e. The molecule has 0 radical (unpaired) electrons. The molecule has 2 aliphatic rings. The third-order valence-corrected chi connectivity index (χ3v) is 9.81. The first kappa shape index (κ1) is 32.7. The molecule has 244 valence electrons. The van der Waals surface area contributed by atoms with Crippen LogP contribution in [-0.4, -0.2) is 50.0 Å². The van der Waals surface area contributed by atoms with Crippen LogP contribution in [0.4, 0.5) is 23.2 Å². The summed E-state index contributed by atoms with van der Waals surface area (Å²) >= 11 is 0.